The van der Waals surface area contributed by atoms with Crippen molar-refractivity contribution in [1.82, 2.24) is 5.32 Å². The lowest BCUT2D eigenvalue weighted by atomic mass is 10.1. The third-order valence-corrected chi connectivity index (χ3v) is 3.75. The minimum atomic E-state index is 0.453. The highest BCUT2D eigenvalue weighted by molar-refractivity contribution is 5.43. The van der Waals surface area contributed by atoms with Gasteiger partial charge in [0.2, 0.25) is 0 Å². The highest BCUT2D eigenvalue weighted by Gasteiger charge is 2.14. The van der Waals surface area contributed by atoms with Gasteiger partial charge in [-0.2, -0.15) is 0 Å². The molecule has 1 aromatic rings. The van der Waals surface area contributed by atoms with E-state index in [1.165, 1.54) is 24.8 Å². The zero-order chi connectivity index (χ0) is 15.1. The average Bonchev–Trinajstić information content (AvgIpc) is 2.64. The minimum absolute atomic E-state index is 0.453. The standard InChI is InChI=1S/C18H29NO2/c1-14(2)19-10-6-4-5-7-16-8-9-17-18(11-16)21-13-15(3)12-20-17/h8-9,11,14-15,19H,4-7,10,12-13H2,1-3H3. The van der Waals surface area contributed by atoms with Crippen molar-refractivity contribution in [3.63, 3.8) is 0 Å². The third kappa shape index (κ3) is 5.58. The summed E-state index contributed by atoms with van der Waals surface area (Å²) in [6, 6.07) is 6.97. The SMILES string of the molecule is CC1COc2ccc(CCCCCNC(C)C)cc2OC1. The molecule has 2 rings (SSSR count). The molecule has 1 heterocycles. The van der Waals surface area contributed by atoms with Crippen molar-refractivity contribution in [2.75, 3.05) is 19.8 Å². The Hall–Kier alpha value is -1.22. The van der Waals surface area contributed by atoms with Gasteiger partial charge in [0.15, 0.2) is 11.5 Å². The van der Waals surface area contributed by atoms with Crippen molar-refractivity contribution >= 4 is 0 Å². The van der Waals surface area contributed by atoms with Crippen LogP contribution >= 0.6 is 0 Å². The van der Waals surface area contributed by atoms with Crippen LogP contribution in [-0.2, 0) is 6.42 Å². The Morgan fingerprint density at radius 3 is 2.62 bits per heavy atom. The van der Waals surface area contributed by atoms with E-state index in [0.29, 0.717) is 12.0 Å². The summed E-state index contributed by atoms with van der Waals surface area (Å²) < 4.78 is 11.6. The van der Waals surface area contributed by atoms with Crippen molar-refractivity contribution in [3.8, 4) is 11.5 Å². The second-order valence-electron chi connectivity index (χ2n) is 6.43. The molecule has 0 aromatic heterocycles. The quantitative estimate of drug-likeness (QED) is 0.775. The molecule has 0 amide bonds. The summed E-state index contributed by atoms with van der Waals surface area (Å²) in [4.78, 5) is 0. The van der Waals surface area contributed by atoms with E-state index < -0.39 is 0 Å². The van der Waals surface area contributed by atoms with E-state index in [4.69, 9.17) is 9.47 Å². The van der Waals surface area contributed by atoms with Crippen molar-refractivity contribution < 1.29 is 9.47 Å². The Morgan fingerprint density at radius 1 is 1.10 bits per heavy atom. The van der Waals surface area contributed by atoms with E-state index in [0.717, 1.165) is 37.7 Å². The molecule has 3 nitrogen and oxygen atoms in total. The smallest absolute Gasteiger partial charge is 0.161 e. The maximum absolute atomic E-state index is 5.84. The van der Waals surface area contributed by atoms with E-state index >= 15 is 0 Å². The largest absolute Gasteiger partial charge is 0.489 e. The van der Waals surface area contributed by atoms with E-state index in [1.54, 1.807) is 0 Å². The Balaban J connectivity index is 1.75. The lowest BCUT2D eigenvalue weighted by Crippen LogP contribution is -2.23. The first-order valence-electron chi connectivity index (χ1n) is 8.27. The molecule has 21 heavy (non-hydrogen) atoms. The molecule has 1 aliphatic heterocycles. The molecular weight excluding hydrogens is 262 g/mol. The Morgan fingerprint density at radius 2 is 1.86 bits per heavy atom. The van der Waals surface area contributed by atoms with Crippen LogP contribution in [0.1, 0.15) is 45.6 Å². The zero-order valence-electron chi connectivity index (χ0n) is 13.7. The van der Waals surface area contributed by atoms with Crippen molar-refractivity contribution in [2.45, 2.75) is 52.5 Å². The first-order chi connectivity index (χ1) is 10.1. The molecule has 1 unspecified atom stereocenters. The predicted octanol–water partition coefficient (Wildman–Crippen LogP) is 3.80. The van der Waals surface area contributed by atoms with Crippen LogP contribution in [0.25, 0.3) is 0 Å². The summed E-state index contributed by atoms with van der Waals surface area (Å²) in [5, 5.41) is 3.46. The second-order valence-corrected chi connectivity index (χ2v) is 6.43. The van der Waals surface area contributed by atoms with Gasteiger partial charge >= 0.3 is 0 Å². The first kappa shape index (κ1) is 16.2. The fourth-order valence-corrected chi connectivity index (χ4v) is 2.47. The number of ether oxygens (including phenoxy) is 2. The first-order valence-corrected chi connectivity index (χ1v) is 8.27. The number of benzene rings is 1. The molecule has 0 saturated heterocycles. The van der Waals surface area contributed by atoms with Crippen molar-refractivity contribution in [3.05, 3.63) is 23.8 Å². The molecule has 0 fully saturated rings. The van der Waals surface area contributed by atoms with Crippen LogP contribution in [0, 0.1) is 5.92 Å². The summed E-state index contributed by atoms with van der Waals surface area (Å²) in [5.41, 5.74) is 1.35. The number of unbranched alkanes of at least 4 members (excludes halogenated alkanes) is 2. The number of hydrogen-bond acceptors (Lipinski definition) is 3. The van der Waals surface area contributed by atoms with Crippen LogP contribution in [0.3, 0.4) is 0 Å². The molecule has 0 aliphatic carbocycles. The molecule has 118 valence electrons. The molecule has 1 aliphatic rings. The Labute approximate surface area is 129 Å². The Kier molecular flexibility index (Phi) is 6.37. The fourth-order valence-electron chi connectivity index (χ4n) is 2.47. The van der Waals surface area contributed by atoms with Gasteiger partial charge in [-0.1, -0.05) is 33.3 Å². The van der Waals surface area contributed by atoms with Gasteiger partial charge in [-0.3, -0.25) is 0 Å². The van der Waals surface area contributed by atoms with Crippen LogP contribution in [-0.4, -0.2) is 25.8 Å². The van der Waals surface area contributed by atoms with Crippen molar-refractivity contribution in [1.29, 1.82) is 0 Å². The lowest BCUT2D eigenvalue weighted by molar-refractivity contribution is 0.228. The van der Waals surface area contributed by atoms with Crippen molar-refractivity contribution in [2.24, 2.45) is 5.92 Å². The summed E-state index contributed by atoms with van der Waals surface area (Å²) in [5.74, 6) is 2.26. The van der Waals surface area contributed by atoms with Gasteiger partial charge in [0.25, 0.3) is 0 Å². The molecule has 0 spiro atoms. The van der Waals surface area contributed by atoms with Crippen LogP contribution in [0.2, 0.25) is 0 Å². The van der Waals surface area contributed by atoms with E-state index in [-0.39, 0.29) is 0 Å². The van der Waals surface area contributed by atoms with Crippen LogP contribution in [0.5, 0.6) is 11.5 Å². The van der Waals surface area contributed by atoms with Gasteiger partial charge in [-0.25, -0.2) is 0 Å². The number of hydrogen-bond donors (Lipinski definition) is 1. The van der Waals surface area contributed by atoms with E-state index in [9.17, 15) is 0 Å². The lowest BCUT2D eigenvalue weighted by Gasteiger charge is -2.10. The average molecular weight is 291 g/mol. The number of nitrogens with one attached hydrogen (secondary N) is 1. The molecule has 1 atom stereocenters. The highest BCUT2D eigenvalue weighted by atomic mass is 16.5. The number of fused-ring (bicyclic) bond motifs is 1. The van der Waals surface area contributed by atoms with Gasteiger partial charge in [0, 0.05) is 12.0 Å². The molecule has 1 N–H and O–H groups in total. The Bertz CT molecular complexity index is 431. The summed E-state index contributed by atoms with van der Waals surface area (Å²) in [7, 11) is 0. The molecule has 1 aromatic carbocycles. The second kappa shape index (κ2) is 8.28. The van der Waals surface area contributed by atoms with Gasteiger partial charge in [0.1, 0.15) is 0 Å². The van der Waals surface area contributed by atoms with Crippen LogP contribution in [0.15, 0.2) is 18.2 Å². The van der Waals surface area contributed by atoms with Crippen LogP contribution < -0.4 is 14.8 Å². The summed E-state index contributed by atoms with van der Waals surface area (Å²) in [6.07, 6.45) is 4.87. The van der Waals surface area contributed by atoms with Crippen LogP contribution in [0.4, 0.5) is 0 Å². The maximum atomic E-state index is 5.84. The number of rotatable bonds is 7. The molecule has 3 heteroatoms. The minimum Gasteiger partial charge on any atom is -0.489 e. The monoisotopic (exact) mass is 291 g/mol. The predicted molar refractivity (Wildman–Crippen MR) is 87.3 cm³/mol. The highest BCUT2D eigenvalue weighted by Crippen LogP contribution is 2.31. The summed E-state index contributed by atoms with van der Waals surface area (Å²) >= 11 is 0. The molecule has 0 bridgehead atoms. The van der Waals surface area contributed by atoms with Gasteiger partial charge in [-0.05, 0) is 43.5 Å². The topological polar surface area (TPSA) is 30.5 Å². The van der Waals surface area contributed by atoms with E-state index in [1.807, 2.05) is 0 Å². The maximum Gasteiger partial charge on any atom is 0.161 e. The molecule has 0 radical (unpaired) electrons. The van der Waals surface area contributed by atoms with Gasteiger partial charge < -0.3 is 14.8 Å². The third-order valence-electron chi connectivity index (χ3n) is 3.75. The fraction of sp³-hybridized carbons (Fsp3) is 0.667. The number of aryl methyl sites for hydroxylation is 1. The molecular formula is C18H29NO2. The summed E-state index contributed by atoms with van der Waals surface area (Å²) in [6.45, 7) is 9.15. The molecule has 0 saturated carbocycles. The van der Waals surface area contributed by atoms with Gasteiger partial charge in [-0.15, -0.1) is 0 Å². The van der Waals surface area contributed by atoms with Gasteiger partial charge in [0.05, 0.1) is 13.2 Å². The van der Waals surface area contributed by atoms with E-state index in [2.05, 4.69) is 44.3 Å². The zero-order valence-corrected chi connectivity index (χ0v) is 13.7. The normalized spacial score (nSPS) is 17.8.